The molecule has 0 saturated carbocycles. The maximum atomic E-state index is 12.0. The number of aliphatic hydroxyl groups excluding tert-OH is 1. The first-order valence-corrected chi connectivity index (χ1v) is 9.49. The highest BCUT2D eigenvalue weighted by Crippen LogP contribution is 2.30. The van der Waals surface area contributed by atoms with Crippen molar-refractivity contribution in [3.05, 3.63) is 52.7 Å². The monoisotopic (exact) mass is 339 g/mol. The first kappa shape index (κ1) is 14.7. The largest absolute Gasteiger partial charge is 0.387 e. The molecule has 0 unspecified atom stereocenters. The van der Waals surface area contributed by atoms with Crippen LogP contribution < -0.4 is 4.72 Å². The van der Waals surface area contributed by atoms with Crippen LogP contribution in [0.1, 0.15) is 11.7 Å². The van der Waals surface area contributed by atoms with Gasteiger partial charge in [0.15, 0.2) is 0 Å². The van der Waals surface area contributed by atoms with E-state index in [0.29, 0.717) is 0 Å². The molecule has 3 aromatic rings. The second kappa shape index (κ2) is 5.86. The molecule has 110 valence electrons. The first-order valence-electron chi connectivity index (χ1n) is 6.25. The van der Waals surface area contributed by atoms with E-state index in [0.717, 1.165) is 27.0 Å². The molecule has 2 heterocycles. The number of nitrogens with one attached hydrogen (secondary N) is 1. The second-order valence-electron chi connectivity index (χ2n) is 4.49. The molecule has 4 nitrogen and oxygen atoms in total. The van der Waals surface area contributed by atoms with Gasteiger partial charge in [-0.05, 0) is 28.3 Å². The Hall–Kier alpha value is -1.25. The zero-order valence-electron chi connectivity index (χ0n) is 10.9. The summed E-state index contributed by atoms with van der Waals surface area (Å²) in [5, 5.41) is 14.8. The van der Waals surface area contributed by atoms with Crippen molar-refractivity contribution in [1.29, 1.82) is 0 Å². The van der Waals surface area contributed by atoms with Crippen LogP contribution in [0.2, 0.25) is 0 Å². The molecule has 1 aromatic carbocycles. The van der Waals surface area contributed by atoms with E-state index in [1.807, 2.05) is 29.6 Å². The Kier molecular flexibility index (Phi) is 4.10. The van der Waals surface area contributed by atoms with Crippen molar-refractivity contribution in [3.8, 4) is 0 Å². The number of thiophene rings is 2. The quantitative estimate of drug-likeness (QED) is 0.751. The van der Waals surface area contributed by atoms with Crippen molar-refractivity contribution >= 4 is 42.8 Å². The number of rotatable bonds is 5. The molecule has 1 atom stereocenters. The van der Waals surface area contributed by atoms with Gasteiger partial charge in [0.25, 0.3) is 0 Å². The summed E-state index contributed by atoms with van der Waals surface area (Å²) in [5.74, 6) is 0. The summed E-state index contributed by atoms with van der Waals surface area (Å²) in [5.41, 5.74) is 0.754. The van der Waals surface area contributed by atoms with Gasteiger partial charge in [0, 0.05) is 16.8 Å². The Morgan fingerprint density at radius 1 is 1.14 bits per heavy atom. The van der Waals surface area contributed by atoms with Crippen molar-refractivity contribution in [2.45, 2.75) is 10.3 Å². The summed E-state index contributed by atoms with van der Waals surface area (Å²) in [6.45, 7) is -0.0407. The van der Waals surface area contributed by atoms with Gasteiger partial charge in [-0.2, -0.15) is 0 Å². The van der Waals surface area contributed by atoms with Crippen molar-refractivity contribution in [3.63, 3.8) is 0 Å². The normalized spacial score (nSPS) is 13.6. The van der Waals surface area contributed by atoms with E-state index in [-0.39, 0.29) is 10.8 Å². The summed E-state index contributed by atoms with van der Waals surface area (Å²) in [4.78, 5) is 0. The number of fused-ring (bicyclic) bond motifs is 1. The molecule has 0 aliphatic carbocycles. The lowest BCUT2D eigenvalue weighted by Gasteiger charge is -2.11. The van der Waals surface area contributed by atoms with Crippen molar-refractivity contribution < 1.29 is 13.5 Å². The fourth-order valence-corrected chi connectivity index (χ4v) is 5.13. The number of hydrogen-bond acceptors (Lipinski definition) is 5. The van der Waals surface area contributed by atoms with Gasteiger partial charge >= 0.3 is 0 Å². The molecule has 0 amide bonds. The van der Waals surface area contributed by atoms with Crippen LogP contribution in [0.3, 0.4) is 0 Å². The minimum atomic E-state index is -3.54. The average molecular weight is 339 g/mol. The zero-order valence-corrected chi connectivity index (χ0v) is 13.3. The maximum Gasteiger partial charge on any atom is 0.250 e. The SMILES string of the molecule is O=S(=O)(NC[C@@H](O)c1csc2ccccc12)c1cccs1. The van der Waals surface area contributed by atoms with E-state index in [9.17, 15) is 13.5 Å². The third kappa shape index (κ3) is 3.02. The predicted octanol–water partition coefficient (Wildman–Crippen LogP) is 2.97. The first-order chi connectivity index (χ1) is 10.1. The maximum absolute atomic E-state index is 12.0. The van der Waals surface area contributed by atoms with E-state index in [1.165, 1.54) is 11.3 Å². The Morgan fingerprint density at radius 3 is 2.71 bits per heavy atom. The topological polar surface area (TPSA) is 66.4 Å². The fourth-order valence-electron chi connectivity index (χ4n) is 2.04. The molecule has 3 rings (SSSR count). The molecule has 0 bridgehead atoms. The van der Waals surface area contributed by atoms with Gasteiger partial charge in [-0.25, -0.2) is 13.1 Å². The summed E-state index contributed by atoms with van der Waals surface area (Å²) >= 11 is 2.69. The van der Waals surface area contributed by atoms with Crippen LogP contribution in [0.5, 0.6) is 0 Å². The standard InChI is InChI=1S/C14H13NO3S3/c16-12(8-15-21(17,18)14-6-3-7-19-14)11-9-20-13-5-2-1-4-10(11)13/h1-7,9,12,15-16H,8H2/t12-/m1/s1. The van der Waals surface area contributed by atoms with Crippen LogP contribution in [0.25, 0.3) is 10.1 Å². The Bertz CT molecular complexity index is 837. The smallest absolute Gasteiger partial charge is 0.250 e. The van der Waals surface area contributed by atoms with Crippen LogP contribution in [-0.4, -0.2) is 20.1 Å². The molecular weight excluding hydrogens is 326 g/mol. The number of benzene rings is 1. The molecular formula is C14H13NO3S3. The van der Waals surface area contributed by atoms with E-state index in [1.54, 1.807) is 17.5 Å². The predicted molar refractivity (Wildman–Crippen MR) is 86.3 cm³/mol. The van der Waals surface area contributed by atoms with Crippen LogP contribution in [0.15, 0.2) is 51.4 Å². The lowest BCUT2D eigenvalue weighted by Crippen LogP contribution is -2.27. The lowest BCUT2D eigenvalue weighted by atomic mass is 10.1. The van der Waals surface area contributed by atoms with Crippen LogP contribution in [-0.2, 0) is 10.0 Å². The molecule has 2 N–H and O–H groups in total. The van der Waals surface area contributed by atoms with Crippen LogP contribution in [0, 0.1) is 0 Å². The highest BCUT2D eigenvalue weighted by Gasteiger charge is 2.19. The molecule has 2 aromatic heterocycles. The summed E-state index contributed by atoms with van der Waals surface area (Å²) in [6, 6.07) is 11.0. The van der Waals surface area contributed by atoms with Crippen LogP contribution in [0.4, 0.5) is 0 Å². The minimum absolute atomic E-state index is 0.0407. The molecule has 0 radical (unpaired) electrons. The van der Waals surface area contributed by atoms with Crippen molar-refractivity contribution in [2.75, 3.05) is 6.54 Å². The Morgan fingerprint density at radius 2 is 1.95 bits per heavy atom. The molecule has 0 aliphatic heterocycles. The summed E-state index contributed by atoms with van der Waals surface area (Å²) in [6.07, 6.45) is -0.865. The fraction of sp³-hybridized carbons (Fsp3) is 0.143. The third-order valence-corrected chi connectivity index (χ3v) is 6.90. The molecule has 7 heteroatoms. The molecule has 0 spiro atoms. The molecule has 21 heavy (non-hydrogen) atoms. The Balaban J connectivity index is 1.77. The van der Waals surface area contributed by atoms with Gasteiger partial charge in [0.1, 0.15) is 4.21 Å². The van der Waals surface area contributed by atoms with E-state index in [2.05, 4.69) is 4.72 Å². The number of aliphatic hydroxyl groups is 1. The van der Waals surface area contributed by atoms with Gasteiger partial charge in [0.05, 0.1) is 6.10 Å². The molecule has 0 aliphatic rings. The molecule has 0 fully saturated rings. The van der Waals surface area contributed by atoms with Crippen LogP contribution >= 0.6 is 22.7 Å². The van der Waals surface area contributed by atoms with Gasteiger partial charge in [0.2, 0.25) is 10.0 Å². The van der Waals surface area contributed by atoms with E-state index in [4.69, 9.17) is 0 Å². The summed E-state index contributed by atoms with van der Waals surface area (Å²) < 4.78 is 27.8. The van der Waals surface area contributed by atoms with Gasteiger partial charge in [-0.15, -0.1) is 22.7 Å². The van der Waals surface area contributed by atoms with E-state index >= 15 is 0 Å². The van der Waals surface area contributed by atoms with Crippen molar-refractivity contribution in [2.24, 2.45) is 0 Å². The zero-order chi connectivity index (χ0) is 14.9. The van der Waals surface area contributed by atoms with Gasteiger partial charge < -0.3 is 5.11 Å². The average Bonchev–Trinajstić information content (AvgIpc) is 3.14. The number of sulfonamides is 1. The highest BCUT2D eigenvalue weighted by molar-refractivity contribution is 7.91. The summed E-state index contributed by atoms with van der Waals surface area (Å²) in [7, 11) is -3.54. The minimum Gasteiger partial charge on any atom is -0.387 e. The third-order valence-electron chi connectivity index (χ3n) is 3.10. The second-order valence-corrected chi connectivity index (χ2v) is 8.34. The van der Waals surface area contributed by atoms with E-state index < -0.39 is 16.1 Å². The van der Waals surface area contributed by atoms with Crippen molar-refractivity contribution in [1.82, 2.24) is 4.72 Å². The highest BCUT2D eigenvalue weighted by atomic mass is 32.2. The number of hydrogen-bond donors (Lipinski definition) is 2. The van der Waals surface area contributed by atoms with Gasteiger partial charge in [-0.1, -0.05) is 24.3 Å². The lowest BCUT2D eigenvalue weighted by molar-refractivity contribution is 0.184. The molecule has 0 saturated heterocycles. The van der Waals surface area contributed by atoms with Gasteiger partial charge in [-0.3, -0.25) is 0 Å². The Labute approximate surface area is 130 Å².